The van der Waals surface area contributed by atoms with Crippen LogP contribution >= 0.6 is 0 Å². The van der Waals surface area contributed by atoms with Crippen molar-refractivity contribution < 1.29 is 9.59 Å². The van der Waals surface area contributed by atoms with E-state index in [2.05, 4.69) is 41.5 Å². The molecule has 0 bridgehead atoms. The predicted molar refractivity (Wildman–Crippen MR) is 111 cm³/mol. The van der Waals surface area contributed by atoms with Crippen LogP contribution in [0.4, 0.5) is 0 Å². The lowest BCUT2D eigenvalue weighted by molar-refractivity contribution is -0.143. The molecule has 2 aromatic rings. The third-order valence-electron chi connectivity index (χ3n) is 6.21. The topological polar surface area (TPSA) is 52.6 Å². The molecule has 1 saturated heterocycles. The number of likely N-dealkylation sites (N-methyl/N-ethyl adjacent to an activating group) is 1. The average Bonchev–Trinajstić information content (AvgIpc) is 3.17. The Labute approximate surface area is 166 Å². The zero-order valence-corrected chi connectivity index (χ0v) is 16.6. The molecule has 28 heavy (non-hydrogen) atoms. The summed E-state index contributed by atoms with van der Waals surface area (Å²) in [6, 6.07) is 14.3. The SMILES string of the molecule is CN1CCN(C(=O)C2(NC(=O)Cc3ccc4ccccc4c3)CCCC2)CC1. The summed E-state index contributed by atoms with van der Waals surface area (Å²) in [4.78, 5) is 30.3. The van der Waals surface area contributed by atoms with Crippen LogP contribution in [0.5, 0.6) is 0 Å². The van der Waals surface area contributed by atoms with E-state index in [9.17, 15) is 9.59 Å². The predicted octanol–water partition coefficient (Wildman–Crippen LogP) is 2.59. The third-order valence-corrected chi connectivity index (χ3v) is 6.21. The van der Waals surface area contributed by atoms with Gasteiger partial charge in [0.1, 0.15) is 5.54 Å². The van der Waals surface area contributed by atoms with E-state index in [-0.39, 0.29) is 11.8 Å². The largest absolute Gasteiger partial charge is 0.341 e. The second-order valence-electron chi connectivity index (χ2n) is 8.29. The molecule has 0 atom stereocenters. The summed E-state index contributed by atoms with van der Waals surface area (Å²) in [5.74, 6) is 0.0598. The van der Waals surface area contributed by atoms with Gasteiger partial charge in [-0.25, -0.2) is 0 Å². The molecule has 1 heterocycles. The van der Waals surface area contributed by atoms with E-state index in [1.165, 1.54) is 5.39 Å². The lowest BCUT2D eigenvalue weighted by Crippen LogP contribution is -2.61. The van der Waals surface area contributed by atoms with E-state index in [0.717, 1.165) is 62.8 Å². The van der Waals surface area contributed by atoms with Crippen molar-refractivity contribution in [3.63, 3.8) is 0 Å². The monoisotopic (exact) mass is 379 g/mol. The molecular weight excluding hydrogens is 350 g/mol. The summed E-state index contributed by atoms with van der Waals surface area (Å²) in [6.07, 6.45) is 3.80. The summed E-state index contributed by atoms with van der Waals surface area (Å²) in [6.45, 7) is 3.29. The van der Waals surface area contributed by atoms with Crippen molar-refractivity contribution in [1.29, 1.82) is 0 Å². The molecule has 1 aliphatic heterocycles. The molecule has 1 N–H and O–H groups in total. The van der Waals surface area contributed by atoms with Crippen LogP contribution in [0.25, 0.3) is 10.8 Å². The summed E-state index contributed by atoms with van der Waals surface area (Å²) in [7, 11) is 2.08. The fourth-order valence-electron chi connectivity index (χ4n) is 4.53. The van der Waals surface area contributed by atoms with Gasteiger partial charge in [-0.15, -0.1) is 0 Å². The van der Waals surface area contributed by atoms with Gasteiger partial charge in [-0.05, 0) is 36.2 Å². The minimum atomic E-state index is -0.705. The zero-order valence-electron chi connectivity index (χ0n) is 16.6. The maximum absolute atomic E-state index is 13.3. The minimum absolute atomic E-state index is 0.0559. The van der Waals surface area contributed by atoms with Crippen LogP contribution in [0.1, 0.15) is 31.2 Å². The Morgan fingerprint density at radius 2 is 1.64 bits per heavy atom. The number of rotatable bonds is 4. The Balaban J connectivity index is 1.46. The Bertz CT molecular complexity index is 865. The molecule has 0 spiro atoms. The van der Waals surface area contributed by atoms with Gasteiger partial charge in [0.2, 0.25) is 11.8 Å². The highest BCUT2D eigenvalue weighted by Crippen LogP contribution is 2.32. The molecular formula is C23H29N3O2. The molecule has 5 heteroatoms. The minimum Gasteiger partial charge on any atom is -0.341 e. The third kappa shape index (κ3) is 3.90. The number of hydrogen-bond donors (Lipinski definition) is 1. The second-order valence-corrected chi connectivity index (χ2v) is 8.29. The Hall–Kier alpha value is -2.40. The van der Waals surface area contributed by atoms with Crippen LogP contribution < -0.4 is 5.32 Å². The van der Waals surface area contributed by atoms with Gasteiger partial charge in [-0.1, -0.05) is 55.3 Å². The number of benzene rings is 2. The Morgan fingerprint density at radius 3 is 2.36 bits per heavy atom. The van der Waals surface area contributed by atoms with E-state index in [0.29, 0.717) is 6.42 Å². The molecule has 1 saturated carbocycles. The number of hydrogen-bond acceptors (Lipinski definition) is 3. The number of carbonyl (C=O) groups is 2. The normalized spacial score (nSPS) is 19.7. The first-order valence-electron chi connectivity index (χ1n) is 10.3. The van der Waals surface area contributed by atoms with Crippen LogP contribution in [0.3, 0.4) is 0 Å². The van der Waals surface area contributed by atoms with Crippen molar-refractivity contribution >= 4 is 22.6 Å². The summed E-state index contributed by atoms with van der Waals surface area (Å²) in [5.41, 5.74) is 0.278. The van der Waals surface area contributed by atoms with E-state index >= 15 is 0 Å². The standard InChI is InChI=1S/C23H29N3O2/c1-25-12-14-26(15-13-25)22(28)23(10-4-5-11-23)24-21(27)17-18-8-9-19-6-2-3-7-20(19)16-18/h2-3,6-9,16H,4-5,10-15,17H2,1H3,(H,24,27). The highest BCUT2D eigenvalue weighted by Gasteiger charge is 2.45. The van der Waals surface area contributed by atoms with E-state index in [4.69, 9.17) is 0 Å². The smallest absolute Gasteiger partial charge is 0.248 e. The molecule has 2 aromatic carbocycles. The number of fused-ring (bicyclic) bond motifs is 1. The number of nitrogens with one attached hydrogen (secondary N) is 1. The highest BCUT2D eigenvalue weighted by atomic mass is 16.2. The van der Waals surface area contributed by atoms with Gasteiger partial charge in [-0.2, -0.15) is 0 Å². The van der Waals surface area contributed by atoms with Crippen molar-refractivity contribution in [2.45, 2.75) is 37.6 Å². The number of amides is 2. The Kier molecular flexibility index (Phi) is 5.36. The molecule has 5 nitrogen and oxygen atoms in total. The maximum atomic E-state index is 13.3. The maximum Gasteiger partial charge on any atom is 0.248 e. The molecule has 1 aliphatic carbocycles. The van der Waals surface area contributed by atoms with Gasteiger partial charge in [-0.3, -0.25) is 9.59 Å². The first-order chi connectivity index (χ1) is 13.6. The molecule has 0 radical (unpaired) electrons. The van der Waals surface area contributed by atoms with Crippen molar-refractivity contribution in [3.05, 3.63) is 48.0 Å². The highest BCUT2D eigenvalue weighted by molar-refractivity contribution is 5.93. The van der Waals surface area contributed by atoms with Crippen molar-refractivity contribution in [2.75, 3.05) is 33.2 Å². The van der Waals surface area contributed by atoms with E-state index in [1.807, 2.05) is 23.1 Å². The van der Waals surface area contributed by atoms with E-state index in [1.54, 1.807) is 0 Å². The Morgan fingerprint density at radius 1 is 0.964 bits per heavy atom. The van der Waals surface area contributed by atoms with Gasteiger partial charge in [0.15, 0.2) is 0 Å². The van der Waals surface area contributed by atoms with E-state index < -0.39 is 5.54 Å². The second kappa shape index (κ2) is 7.92. The fraction of sp³-hybridized carbons (Fsp3) is 0.478. The van der Waals surface area contributed by atoms with Crippen molar-refractivity contribution in [1.82, 2.24) is 15.1 Å². The quantitative estimate of drug-likeness (QED) is 0.888. The van der Waals surface area contributed by atoms with Crippen LogP contribution in [-0.2, 0) is 16.0 Å². The number of carbonyl (C=O) groups excluding carboxylic acids is 2. The first-order valence-corrected chi connectivity index (χ1v) is 10.3. The van der Waals surface area contributed by atoms with Gasteiger partial charge >= 0.3 is 0 Å². The van der Waals surface area contributed by atoms with Gasteiger partial charge in [0.05, 0.1) is 6.42 Å². The van der Waals surface area contributed by atoms with Gasteiger partial charge in [0, 0.05) is 26.2 Å². The van der Waals surface area contributed by atoms with Gasteiger partial charge < -0.3 is 15.1 Å². The summed E-state index contributed by atoms with van der Waals surface area (Å²) >= 11 is 0. The van der Waals surface area contributed by atoms with Gasteiger partial charge in [0.25, 0.3) is 0 Å². The zero-order chi connectivity index (χ0) is 19.6. The molecule has 2 amide bonds. The molecule has 0 aromatic heterocycles. The number of nitrogens with zero attached hydrogens (tertiary/aromatic N) is 2. The number of piperazine rings is 1. The van der Waals surface area contributed by atoms with Crippen LogP contribution in [0.15, 0.2) is 42.5 Å². The van der Waals surface area contributed by atoms with Crippen LogP contribution in [-0.4, -0.2) is 60.4 Å². The molecule has 2 fully saturated rings. The van der Waals surface area contributed by atoms with Crippen molar-refractivity contribution in [3.8, 4) is 0 Å². The van der Waals surface area contributed by atoms with Crippen molar-refractivity contribution in [2.24, 2.45) is 0 Å². The molecule has 2 aliphatic rings. The molecule has 4 rings (SSSR count). The van der Waals surface area contributed by atoms with Crippen LogP contribution in [0, 0.1) is 0 Å². The lowest BCUT2D eigenvalue weighted by Gasteiger charge is -2.39. The average molecular weight is 380 g/mol. The lowest BCUT2D eigenvalue weighted by atomic mass is 9.94. The molecule has 0 unspecified atom stereocenters. The molecule has 148 valence electrons. The summed E-state index contributed by atoms with van der Waals surface area (Å²) < 4.78 is 0. The summed E-state index contributed by atoms with van der Waals surface area (Å²) in [5, 5.41) is 5.46. The first kappa shape index (κ1) is 18.9. The fourth-order valence-corrected chi connectivity index (χ4v) is 4.53. The van der Waals surface area contributed by atoms with Crippen LogP contribution in [0.2, 0.25) is 0 Å².